The van der Waals surface area contributed by atoms with E-state index in [0.717, 1.165) is 5.56 Å². The zero-order valence-electron chi connectivity index (χ0n) is 15.1. The van der Waals surface area contributed by atoms with Crippen molar-refractivity contribution in [2.75, 3.05) is 32.7 Å². The monoisotopic (exact) mass is 377 g/mol. The predicted molar refractivity (Wildman–Crippen MR) is 102 cm³/mol. The molecule has 0 unspecified atom stereocenters. The highest BCUT2D eigenvalue weighted by Gasteiger charge is 2.21. The van der Waals surface area contributed by atoms with E-state index in [2.05, 4.69) is 5.32 Å². The fourth-order valence-corrected chi connectivity index (χ4v) is 2.85. The Bertz CT molecular complexity index is 692. The number of nitrogens with zero attached hydrogens (tertiary/aromatic N) is 2. The Morgan fingerprint density at radius 1 is 1.04 bits per heavy atom. The lowest BCUT2D eigenvalue weighted by molar-refractivity contribution is -0.138. The Morgan fingerprint density at radius 3 is 2.19 bits per heavy atom. The molecule has 26 heavy (non-hydrogen) atoms. The minimum atomic E-state index is -0.200. The first kappa shape index (κ1) is 20.0. The molecular weight excluding hydrogens is 354 g/mol. The molecular formula is C19H24ClN3O3. The lowest BCUT2D eigenvalue weighted by Gasteiger charge is -2.34. The molecule has 6 nitrogen and oxygen atoms in total. The maximum atomic E-state index is 12.2. The van der Waals surface area contributed by atoms with Gasteiger partial charge in [0.05, 0.1) is 0 Å². The van der Waals surface area contributed by atoms with Crippen LogP contribution in [0.15, 0.2) is 29.8 Å². The van der Waals surface area contributed by atoms with Gasteiger partial charge < -0.3 is 15.1 Å². The van der Waals surface area contributed by atoms with E-state index in [-0.39, 0.29) is 30.7 Å². The smallest absolute Gasteiger partial charge is 0.246 e. The lowest BCUT2D eigenvalue weighted by atomic mass is 10.1. The number of piperazine rings is 1. The first-order chi connectivity index (χ1) is 12.4. The van der Waals surface area contributed by atoms with Gasteiger partial charge in [0.15, 0.2) is 0 Å². The Hall–Kier alpha value is -2.34. The van der Waals surface area contributed by atoms with Crippen molar-refractivity contribution in [1.29, 1.82) is 0 Å². The molecule has 1 fully saturated rings. The van der Waals surface area contributed by atoms with Gasteiger partial charge in [-0.15, -0.1) is 0 Å². The highest BCUT2D eigenvalue weighted by atomic mass is 35.5. The minimum Gasteiger partial charge on any atom is -0.352 e. The van der Waals surface area contributed by atoms with E-state index in [9.17, 15) is 14.4 Å². The number of benzene rings is 1. The first-order valence-electron chi connectivity index (χ1n) is 8.62. The third-order valence-electron chi connectivity index (χ3n) is 4.31. The van der Waals surface area contributed by atoms with Gasteiger partial charge in [-0.25, -0.2) is 0 Å². The van der Waals surface area contributed by atoms with Crippen molar-refractivity contribution in [1.82, 2.24) is 15.1 Å². The Kier molecular flexibility index (Phi) is 7.21. The van der Waals surface area contributed by atoms with Gasteiger partial charge in [0.1, 0.15) is 0 Å². The molecule has 2 rings (SSSR count). The summed E-state index contributed by atoms with van der Waals surface area (Å²) in [7, 11) is 0. The van der Waals surface area contributed by atoms with Crippen LogP contribution in [0.5, 0.6) is 0 Å². The summed E-state index contributed by atoms with van der Waals surface area (Å²) < 4.78 is 0. The van der Waals surface area contributed by atoms with Gasteiger partial charge in [-0.3, -0.25) is 14.4 Å². The summed E-state index contributed by atoms with van der Waals surface area (Å²) in [6.07, 6.45) is 2.02. The van der Waals surface area contributed by atoms with Crippen molar-refractivity contribution in [2.24, 2.45) is 0 Å². The van der Waals surface area contributed by atoms with Crippen LogP contribution in [0, 0.1) is 0 Å². The van der Waals surface area contributed by atoms with E-state index in [1.54, 1.807) is 34.9 Å². The van der Waals surface area contributed by atoms with Crippen molar-refractivity contribution in [3.8, 4) is 0 Å². The van der Waals surface area contributed by atoms with Crippen LogP contribution in [-0.4, -0.2) is 60.2 Å². The summed E-state index contributed by atoms with van der Waals surface area (Å²) in [5.41, 5.74) is 1.45. The SMILES string of the molecule is CC(=O)N1CCN(C(=O)CCNC(=O)/C(C)=C/c2ccc(Cl)cc2)CC1. The van der Waals surface area contributed by atoms with E-state index in [1.165, 1.54) is 6.92 Å². The predicted octanol–water partition coefficient (Wildman–Crippen LogP) is 1.94. The second kappa shape index (κ2) is 9.38. The molecule has 0 spiro atoms. The normalized spacial score (nSPS) is 15.0. The van der Waals surface area contributed by atoms with Crippen LogP contribution in [0.3, 0.4) is 0 Å². The van der Waals surface area contributed by atoms with E-state index in [4.69, 9.17) is 11.6 Å². The molecule has 0 aromatic heterocycles. The molecule has 1 saturated heterocycles. The Labute approximate surface area is 158 Å². The highest BCUT2D eigenvalue weighted by molar-refractivity contribution is 6.30. The van der Waals surface area contributed by atoms with Crippen molar-refractivity contribution < 1.29 is 14.4 Å². The second-order valence-electron chi connectivity index (χ2n) is 6.27. The van der Waals surface area contributed by atoms with Crippen molar-refractivity contribution in [3.05, 3.63) is 40.4 Å². The zero-order chi connectivity index (χ0) is 19.1. The standard InChI is InChI=1S/C19H24ClN3O3/c1-14(13-16-3-5-17(20)6-4-16)19(26)21-8-7-18(25)23-11-9-22(10-12-23)15(2)24/h3-6,13H,7-12H2,1-2H3,(H,21,26)/b14-13+. The fraction of sp³-hybridized carbons (Fsp3) is 0.421. The van der Waals surface area contributed by atoms with E-state index < -0.39 is 0 Å². The summed E-state index contributed by atoms with van der Waals surface area (Å²) in [5.74, 6) is -0.172. The van der Waals surface area contributed by atoms with Crippen LogP contribution in [0.25, 0.3) is 6.08 Å². The lowest BCUT2D eigenvalue weighted by Crippen LogP contribution is -2.50. The first-order valence-corrected chi connectivity index (χ1v) is 9.00. The van der Waals surface area contributed by atoms with Gasteiger partial charge in [-0.05, 0) is 30.7 Å². The average Bonchev–Trinajstić information content (AvgIpc) is 2.63. The second-order valence-corrected chi connectivity index (χ2v) is 6.71. The van der Waals surface area contributed by atoms with E-state index in [1.807, 2.05) is 12.1 Å². The topological polar surface area (TPSA) is 69.7 Å². The largest absolute Gasteiger partial charge is 0.352 e. The number of rotatable bonds is 5. The molecule has 1 aliphatic rings. The number of hydrogen-bond acceptors (Lipinski definition) is 3. The number of nitrogens with one attached hydrogen (secondary N) is 1. The Morgan fingerprint density at radius 2 is 1.62 bits per heavy atom. The third-order valence-corrected chi connectivity index (χ3v) is 4.57. The molecule has 1 N–H and O–H groups in total. The van der Waals surface area contributed by atoms with Crippen LogP contribution in [-0.2, 0) is 14.4 Å². The third kappa shape index (κ3) is 5.88. The van der Waals surface area contributed by atoms with Crippen LogP contribution < -0.4 is 5.32 Å². The quantitative estimate of drug-likeness (QED) is 0.797. The summed E-state index contributed by atoms with van der Waals surface area (Å²) in [6.45, 7) is 5.77. The molecule has 1 aliphatic heterocycles. The van der Waals surface area contributed by atoms with E-state index in [0.29, 0.717) is 36.8 Å². The molecule has 3 amide bonds. The number of carbonyl (C=O) groups excluding carboxylic acids is 3. The number of halogens is 1. The summed E-state index contributed by atoms with van der Waals surface area (Å²) in [5, 5.41) is 3.41. The molecule has 1 aromatic rings. The number of hydrogen-bond donors (Lipinski definition) is 1. The molecule has 0 aliphatic carbocycles. The van der Waals surface area contributed by atoms with Crippen LogP contribution in [0.1, 0.15) is 25.8 Å². The maximum Gasteiger partial charge on any atom is 0.246 e. The molecule has 0 saturated carbocycles. The summed E-state index contributed by atoms with van der Waals surface area (Å²) in [4.78, 5) is 39.1. The van der Waals surface area contributed by atoms with Gasteiger partial charge in [0.25, 0.3) is 0 Å². The van der Waals surface area contributed by atoms with Gasteiger partial charge in [-0.1, -0.05) is 23.7 Å². The highest BCUT2D eigenvalue weighted by Crippen LogP contribution is 2.12. The minimum absolute atomic E-state index is 0.00663. The summed E-state index contributed by atoms with van der Waals surface area (Å²) >= 11 is 5.84. The van der Waals surface area contributed by atoms with Crippen molar-refractivity contribution in [3.63, 3.8) is 0 Å². The van der Waals surface area contributed by atoms with Crippen LogP contribution in [0.4, 0.5) is 0 Å². The average molecular weight is 378 g/mol. The van der Waals surface area contributed by atoms with Gasteiger partial charge in [0, 0.05) is 56.7 Å². The van der Waals surface area contributed by atoms with Gasteiger partial charge in [0.2, 0.25) is 17.7 Å². The molecule has 140 valence electrons. The van der Waals surface area contributed by atoms with E-state index >= 15 is 0 Å². The van der Waals surface area contributed by atoms with Gasteiger partial charge in [-0.2, -0.15) is 0 Å². The molecule has 1 heterocycles. The van der Waals surface area contributed by atoms with Crippen molar-refractivity contribution >= 4 is 35.4 Å². The number of carbonyl (C=O) groups is 3. The molecule has 7 heteroatoms. The molecule has 0 radical (unpaired) electrons. The molecule has 1 aromatic carbocycles. The number of amides is 3. The Balaban J connectivity index is 1.74. The van der Waals surface area contributed by atoms with Crippen LogP contribution in [0.2, 0.25) is 5.02 Å². The summed E-state index contributed by atoms with van der Waals surface area (Å²) in [6, 6.07) is 7.21. The van der Waals surface area contributed by atoms with Crippen LogP contribution >= 0.6 is 11.6 Å². The van der Waals surface area contributed by atoms with Gasteiger partial charge >= 0.3 is 0 Å². The molecule has 0 bridgehead atoms. The van der Waals surface area contributed by atoms with Crippen molar-refractivity contribution in [2.45, 2.75) is 20.3 Å². The maximum absolute atomic E-state index is 12.2. The fourth-order valence-electron chi connectivity index (χ4n) is 2.73. The zero-order valence-corrected chi connectivity index (χ0v) is 15.9. The molecule has 0 atom stereocenters.